The minimum Gasteiger partial charge on any atom is -0.245 e. The van der Waals surface area contributed by atoms with E-state index >= 15 is 0 Å². The normalized spacial score (nSPS) is 10.8. The van der Waals surface area contributed by atoms with E-state index in [1.807, 2.05) is 0 Å². The molecule has 0 spiro atoms. The Morgan fingerprint density at radius 1 is 1.06 bits per heavy atom. The number of benzene rings is 1. The third-order valence-corrected chi connectivity index (χ3v) is 2.32. The van der Waals surface area contributed by atoms with Gasteiger partial charge >= 0.3 is 0 Å². The summed E-state index contributed by atoms with van der Waals surface area (Å²) in [6.07, 6.45) is 2.18. The van der Waals surface area contributed by atoms with Crippen LogP contribution in [-0.4, -0.2) is 9.97 Å². The van der Waals surface area contributed by atoms with E-state index in [4.69, 9.17) is 0 Å². The quantitative estimate of drug-likeness (QED) is 0.820. The van der Waals surface area contributed by atoms with Crippen molar-refractivity contribution in [3.8, 4) is 0 Å². The highest BCUT2D eigenvalue weighted by molar-refractivity contribution is 5.29. The van der Waals surface area contributed by atoms with Crippen LogP contribution >= 0.6 is 0 Å². The van der Waals surface area contributed by atoms with Crippen LogP contribution in [0.5, 0.6) is 0 Å². The van der Waals surface area contributed by atoms with Crippen molar-refractivity contribution in [1.82, 2.24) is 9.97 Å². The van der Waals surface area contributed by atoms with E-state index in [0.717, 1.165) is 11.6 Å². The third kappa shape index (κ3) is 2.81. The van der Waals surface area contributed by atoms with Gasteiger partial charge in [0.25, 0.3) is 6.43 Å². The molecule has 0 saturated heterocycles. The predicted octanol–water partition coefficient (Wildman–Crippen LogP) is 3.14. The number of halogens is 3. The SMILES string of the molecule is Fc1ccc(Cc2cncnc2)cc1C(F)F. The average molecular weight is 238 g/mol. The monoisotopic (exact) mass is 238 g/mol. The van der Waals surface area contributed by atoms with Crippen molar-refractivity contribution in [2.45, 2.75) is 12.8 Å². The van der Waals surface area contributed by atoms with Crippen LogP contribution in [0.3, 0.4) is 0 Å². The summed E-state index contributed by atoms with van der Waals surface area (Å²) in [4.78, 5) is 7.65. The standard InChI is InChI=1S/C12H9F3N2/c13-11-2-1-8(4-10(11)12(14)15)3-9-5-16-7-17-6-9/h1-2,4-7,12H,3H2. The summed E-state index contributed by atoms with van der Waals surface area (Å²) in [5, 5.41) is 0. The third-order valence-electron chi connectivity index (χ3n) is 2.32. The zero-order valence-corrected chi connectivity index (χ0v) is 8.78. The Labute approximate surface area is 96.2 Å². The summed E-state index contributed by atoms with van der Waals surface area (Å²) in [5.41, 5.74) is 0.829. The number of alkyl halides is 2. The first-order valence-electron chi connectivity index (χ1n) is 4.97. The smallest absolute Gasteiger partial charge is 0.245 e. The number of nitrogens with zero attached hydrogens (tertiary/aromatic N) is 2. The second-order valence-electron chi connectivity index (χ2n) is 3.58. The van der Waals surface area contributed by atoms with Crippen LogP contribution in [0.4, 0.5) is 13.2 Å². The zero-order valence-electron chi connectivity index (χ0n) is 8.78. The molecule has 1 aromatic heterocycles. The molecule has 0 amide bonds. The molecule has 0 atom stereocenters. The largest absolute Gasteiger partial charge is 0.266 e. The van der Waals surface area contributed by atoms with Gasteiger partial charge in [0.15, 0.2) is 0 Å². The summed E-state index contributed by atoms with van der Waals surface area (Å²) < 4.78 is 38.0. The maximum absolute atomic E-state index is 13.1. The lowest BCUT2D eigenvalue weighted by molar-refractivity contribution is 0.146. The molecule has 0 unspecified atom stereocenters. The number of aromatic nitrogens is 2. The van der Waals surface area contributed by atoms with Gasteiger partial charge in [-0.3, -0.25) is 0 Å². The molecule has 0 aliphatic carbocycles. The summed E-state index contributed by atoms with van der Waals surface area (Å²) in [6.45, 7) is 0. The molecule has 1 aromatic carbocycles. The van der Waals surface area contributed by atoms with Crippen LogP contribution in [0, 0.1) is 5.82 Å². The molecule has 0 fully saturated rings. The second kappa shape index (κ2) is 4.95. The van der Waals surface area contributed by atoms with E-state index in [-0.39, 0.29) is 0 Å². The summed E-state index contributed by atoms with van der Waals surface area (Å²) >= 11 is 0. The first-order chi connectivity index (χ1) is 8.16. The molecule has 2 rings (SSSR count). The van der Waals surface area contributed by atoms with Crippen LogP contribution in [-0.2, 0) is 6.42 Å². The molecule has 0 saturated carbocycles. The van der Waals surface area contributed by atoms with Crippen LogP contribution in [0.2, 0.25) is 0 Å². The molecule has 1 heterocycles. The summed E-state index contributed by atoms with van der Waals surface area (Å²) in [6, 6.07) is 3.71. The Morgan fingerprint density at radius 2 is 1.76 bits per heavy atom. The van der Waals surface area contributed by atoms with Gasteiger partial charge < -0.3 is 0 Å². The van der Waals surface area contributed by atoms with Gasteiger partial charge in [0.2, 0.25) is 0 Å². The van der Waals surface area contributed by atoms with Gasteiger partial charge in [-0.05, 0) is 23.3 Å². The van der Waals surface area contributed by atoms with Gasteiger partial charge in [-0.1, -0.05) is 6.07 Å². The fourth-order valence-corrected chi connectivity index (χ4v) is 1.53. The van der Waals surface area contributed by atoms with E-state index < -0.39 is 17.8 Å². The molecule has 0 aliphatic rings. The molecule has 0 bridgehead atoms. The molecule has 0 N–H and O–H groups in total. The number of hydrogen-bond acceptors (Lipinski definition) is 2. The highest BCUT2D eigenvalue weighted by atomic mass is 19.3. The highest BCUT2D eigenvalue weighted by Gasteiger charge is 2.13. The zero-order chi connectivity index (χ0) is 12.3. The molecular formula is C12H9F3N2. The molecule has 17 heavy (non-hydrogen) atoms. The van der Waals surface area contributed by atoms with Crippen molar-refractivity contribution in [2.75, 3.05) is 0 Å². The Bertz CT molecular complexity index is 500. The molecular weight excluding hydrogens is 229 g/mol. The lowest BCUT2D eigenvalue weighted by Gasteiger charge is -2.05. The van der Waals surface area contributed by atoms with E-state index in [9.17, 15) is 13.2 Å². The van der Waals surface area contributed by atoms with Crippen LogP contribution in [0.1, 0.15) is 23.1 Å². The van der Waals surface area contributed by atoms with E-state index in [1.54, 1.807) is 12.4 Å². The van der Waals surface area contributed by atoms with E-state index in [0.29, 0.717) is 12.0 Å². The minimum absolute atomic E-state index is 0.404. The van der Waals surface area contributed by atoms with Crippen molar-refractivity contribution in [3.63, 3.8) is 0 Å². The van der Waals surface area contributed by atoms with Gasteiger partial charge in [0.1, 0.15) is 12.1 Å². The second-order valence-corrected chi connectivity index (χ2v) is 3.58. The van der Waals surface area contributed by atoms with Crippen LogP contribution in [0.15, 0.2) is 36.9 Å². The Hall–Kier alpha value is -1.91. The lowest BCUT2D eigenvalue weighted by atomic mass is 10.0. The number of hydrogen-bond donors (Lipinski definition) is 0. The summed E-state index contributed by atoms with van der Waals surface area (Å²) in [5.74, 6) is -0.881. The van der Waals surface area contributed by atoms with Crippen LogP contribution < -0.4 is 0 Å². The van der Waals surface area contributed by atoms with Crippen molar-refractivity contribution in [1.29, 1.82) is 0 Å². The predicted molar refractivity (Wildman–Crippen MR) is 56.2 cm³/mol. The fraction of sp³-hybridized carbons (Fsp3) is 0.167. The fourth-order valence-electron chi connectivity index (χ4n) is 1.53. The van der Waals surface area contributed by atoms with Gasteiger partial charge in [-0.15, -0.1) is 0 Å². The Balaban J connectivity index is 2.26. The molecule has 88 valence electrons. The molecule has 0 radical (unpaired) electrons. The number of rotatable bonds is 3. The van der Waals surface area contributed by atoms with Crippen molar-refractivity contribution in [2.24, 2.45) is 0 Å². The molecule has 5 heteroatoms. The first-order valence-corrected chi connectivity index (χ1v) is 4.97. The topological polar surface area (TPSA) is 25.8 Å². The van der Waals surface area contributed by atoms with Crippen LogP contribution in [0.25, 0.3) is 0 Å². The molecule has 2 nitrogen and oxygen atoms in total. The first kappa shape index (κ1) is 11.6. The van der Waals surface area contributed by atoms with E-state index in [2.05, 4.69) is 9.97 Å². The summed E-state index contributed by atoms with van der Waals surface area (Å²) in [7, 11) is 0. The van der Waals surface area contributed by atoms with Gasteiger partial charge in [-0.25, -0.2) is 23.1 Å². The van der Waals surface area contributed by atoms with Crippen molar-refractivity contribution in [3.05, 3.63) is 59.4 Å². The Kier molecular flexibility index (Phi) is 3.37. The molecule has 2 aromatic rings. The van der Waals surface area contributed by atoms with Gasteiger partial charge in [0, 0.05) is 18.8 Å². The average Bonchev–Trinajstić information content (AvgIpc) is 2.32. The van der Waals surface area contributed by atoms with Crippen molar-refractivity contribution >= 4 is 0 Å². The minimum atomic E-state index is -2.80. The maximum atomic E-state index is 13.1. The molecule has 0 aliphatic heterocycles. The lowest BCUT2D eigenvalue weighted by Crippen LogP contribution is -1.95. The maximum Gasteiger partial charge on any atom is 0.266 e. The van der Waals surface area contributed by atoms with Gasteiger partial charge in [0.05, 0.1) is 5.56 Å². The van der Waals surface area contributed by atoms with Crippen molar-refractivity contribution < 1.29 is 13.2 Å². The Morgan fingerprint density at radius 3 is 2.41 bits per heavy atom. The van der Waals surface area contributed by atoms with Gasteiger partial charge in [-0.2, -0.15) is 0 Å². The highest BCUT2D eigenvalue weighted by Crippen LogP contribution is 2.23. The van der Waals surface area contributed by atoms with E-state index in [1.165, 1.54) is 18.5 Å².